The van der Waals surface area contributed by atoms with Gasteiger partial charge in [0.05, 0.1) is 0 Å². The number of rotatable bonds is 7. The van der Waals surface area contributed by atoms with Gasteiger partial charge in [-0.3, -0.25) is 9.65 Å². The highest BCUT2D eigenvalue weighted by Gasteiger charge is 2.53. The quantitative estimate of drug-likeness (QED) is 0.431. The Morgan fingerprint density at radius 3 is 1.82 bits per heavy atom. The molecule has 0 saturated heterocycles. The summed E-state index contributed by atoms with van der Waals surface area (Å²) in [5.41, 5.74) is 1.25. The summed E-state index contributed by atoms with van der Waals surface area (Å²) in [6.45, 7) is 6.27. The second kappa shape index (κ2) is 7.54. The van der Waals surface area contributed by atoms with E-state index >= 15 is 0 Å². The minimum Gasteiger partial charge on any atom is -0.297 e. The largest absolute Gasteiger partial charge is 0.297 e. The van der Waals surface area contributed by atoms with Gasteiger partial charge in [-0.1, -0.05) is 79.7 Å². The Balaban J connectivity index is 1.80. The van der Waals surface area contributed by atoms with Gasteiger partial charge in [0.15, 0.2) is 0 Å². The Morgan fingerprint density at radius 1 is 0.929 bits per heavy atom. The number of allylic oxidation sites excluding steroid dienone is 1. The Kier molecular flexibility index (Phi) is 5.10. The normalized spacial score (nSPS) is 22.4. The van der Waals surface area contributed by atoms with Gasteiger partial charge in [-0.25, -0.2) is 0 Å². The maximum Gasteiger partial charge on any atom is 0.205 e. The zero-order chi connectivity index (χ0) is 19.6. The fourth-order valence-corrected chi connectivity index (χ4v) is 6.48. The lowest BCUT2D eigenvalue weighted by Crippen LogP contribution is -2.32. The average Bonchev–Trinajstić information content (AvgIpc) is 3.45. The van der Waals surface area contributed by atoms with Crippen molar-refractivity contribution in [1.82, 2.24) is 5.09 Å². The van der Waals surface area contributed by atoms with Crippen molar-refractivity contribution in [3.63, 3.8) is 0 Å². The molecule has 0 bridgehead atoms. The van der Waals surface area contributed by atoms with E-state index < -0.39 is 7.29 Å². The van der Waals surface area contributed by atoms with Crippen LogP contribution in [0.15, 0.2) is 104 Å². The standard InChI is InChI=1S/C25H26NOP/c1-3-25(2)19-23(25)24(20-13-7-4-8-14-20)26-28(27,21-15-9-5-10-16-21)22-17-11-6-12-18-22/h3-18,23-24H,1,19H2,2H3,(H,26,27)/t23-,24-,25-/m1/s1. The molecule has 1 aliphatic carbocycles. The Morgan fingerprint density at radius 2 is 1.39 bits per heavy atom. The van der Waals surface area contributed by atoms with Gasteiger partial charge in [-0.2, -0.15) is 0 Å². The third-order valence-electron chi connectivity index (χ3n) is 5.93. The Hall–Kier alpha value is -2.41. The smallest absolute Gasteiger partial charge is 0.205 e. The topological polar surface area (TPSA) is 29.1 Å². The highest BCUT2D eigenvalue weighted by Crippen LogP contribution is 2.61. The van der Waals surface area contributed by atoms with Gasteiger partial charge in [-0.15, -0.1) is 6.58 Å². The van der Waals surface area contributed by atoms with E-state index in [1.54, 1.807) is 0 Å². The third-order valence-corrected chi connectivity index (χ3v) is 8.63. The maximum absolute atomic E-state index is 14.5. The van der Waals surface area contributed by atoms with E-state index in [1.165, 1.54) is 5.56 Å². The molecule has 1 fully saturated rings. The SMILES string of the molecule is C=C[C@]1(C)C[C@@H]1[C@H](NP(=O)(c1ccccc1)c1ccccc1)c1ccccc1. The first kappa shape index (κ1) is 18.9. The fourth-order valence-electron chi connectivity index (χ4n) is 3.98. The first-order valence-electron chi connectivity index (χ1n) is 9.74. The van der Waals surface area contributed by atoms with Gasteiger partial charge in [0.25, 0.3) is 0 Å². The van der Waals surface area contributed by atoms with E-state index in [2.05, 4.69) is 30.7 Å². The van der Waals surface area contributed by atoms with Crippen LogP contribution >= 0.6 is 7.29 Å². The van der Waals surface area contributed by atoms with Crippen LogP contribution in [0.25, 0.3) is 0 Å². The lowest BCUT2D eigenvalue weighted by atomic mass is 9.97. The molecule has 0 unspecified atom stereocenters. The van der Waals surface area contributed by atoms with Gasteiger partial charge >= 0.3 is 0 Å². The first-order chi connectivity index (χ1) is 13.6. The van der Waals surface area contributed by atoms with Crippen LogP contribution in [0.4, 0.5) is 0 Å². The molecule has 28 heavy (non-hydrogen) atoms. The molecule has 1 aliphatic rings. The second-order valence-corrected chi connectivity index (χ2v) is 10.3. The minimum absolute atomic E-state index is 0.00422. The van der Waals surface area contributed by atoms with E-state index in [9.17, 15) is 4.57 Å². The van der Waals surface area contributed by atoms with Crippen molar-refractivity contribution in [2.45, 2.75) is 19.4 Å². The molecule has 3 atom stereocenters. The number of nitrogens with one attached hydrogen (secondary N) is 1. The van der Waals surface area contributed by atoms with Crippen molar-refractivity contribution in [2.24, 2.45) is 11.3 Å². The van der Waals surface area contributed by atoms with Crippen molar-refractivity contribution in [1.29, 1.82) is 0 Å². The van der Waals surface area contributed by atoms with Gasteiger partial charge in [-0.05, 0) is 47.6 Å². The summed E-state index contributed by atoms with van der Waals surface area (Å²) in [6.07, 6.45) is 3.10. The molecule has 3 heteroatoms. The van der Waals surface area contributed by atoms with Crippen LogP contribution in [-0.2, 0) is 4.57 Å². The van der Waals surface area contributed by atoms with Gasteiger partial charge in [0, 0.05) is 16.7 Å². The lowest BCUT2D eigenvalue weighted by Gasteiger charge is -2.28. The Labute approximate surface area is 167 Å². The molecule has 4 rings (SSSR count). The monoisotopic (exact) mass is 387 g/mol. The molecule has 0 heterocycles. The van der Waals surface area contributed by atoms with E-state index in [1.807, 2.05) is 84.9 Å². The van der Waals surface area contributed by atoms with E-state index in [0.29, 0.717) is 5.92 Å². The number of hydrogen-bond acceptors (Lipinski definition) is 1. The zero-order valence-electron chi connectivity index (χ0n) is 16.2. The molecule has 0 aromatic heterocycles. The summed E-state index contributed by atoms with van der Waals surface area (Å²) in [5.74, 6) is 0.369. The van der Waals surface area contributed by atoms with Crippen LogP contribution in [0.1, 0.15) is 24.9 Å². The van der Waals surface area contributed by atoms with Crippen molar-refractivity contribution in [3.8, 4) is 0 Å². The zero-order valence-corrected chi connectivity index (χ0v) is 17.1. The fraction of sp³-hybridized carbons (Fsp3) is 0.200. The van der Waals surface area contributed by atoms with Gasteiger partial charge in [0.2, 0.25) is 7.29 Å². The van der Waals surface area contributed by atoms with E-state index in [-0.39, 0.29) is 11.5 Å². The summed E-state index contributed by atoms with van der Waals surface area (Å²) >= 11 is 0. The van der Waals surface area contributed by atoms with E-state index in [0.717, 1.165) is 17.0 Å². The van der Waals surface area contributed by atoms with Crippen LogP contribution in [0.2, 0.25) is 0 Å². The lowest BCUT2D eigenvalue weighted by molar-refractivity contribution is 0.488. The first-order valence-corrected chi connectivity index (χ1v) is 11.5. The van der Waals surface area contributed by atoms with Crippen LogP contribution in [0.3, 0.4) is 0 Å². The second-order valence-electron chi connectivity index (χ2n) is 7.82. The van der Waals surface area contributed by atoms with Gasteiger partial charge in [0.1, 0.15) is 0 Å². The average molecular weight is 387 g/mol. The van der Waals surface area contributed by atoms with Crippen LogP contribution in [0.5, 0.6) is 0 Å². The molecule has 2 nitrogen and oxygen atoms in total. The molecule has 3 aromatic rings. The van der Waals surface area contributed by atoms with Crippen molar-refractivity contribution < 1.29 is 4.57 Å². The number of benzene rings is 3. The van der Waals surface area contributed by atoms with Crippen molar-refractivity contribution in [3.05, 3.63) is 109 Å². The van der Waals surface area contributed by atoms with E-state index in [4.69, 9.17) is 0 Å². The minimum atomic E-state index is -3.01. The molecular formula is C25H26NOP. The molecule has 0 aliphatic heterocycles. The molecular weight excluding hydrogens is 361 g/mol. The van der Waals surface area contributed by atoms with Crippen LogP contribution in [-0.4, -0.2) is 0 Å². The van der Waals surface area contributed by atoms with Crippen molar-refractivity contribution in [2.75, 3.05) is 0 Å². The molecule has 1 N–H and O–H groups in total. The highest BCUT2D eigenvalue weighted by atomic mass is 31.2. The third kappa shape index (κ3) is 3.51. The predicted molar refractivity (Wildman–Crippen MR) is 118 cm³/mol. The van der Waals surface area contributed by atoms with Crippen LogP contribution in [0, 0.1) is 11.3 Å². The Bertz CT molecular complexity index is 943. The van der Waals surface area contributed by atoms with Gasteiger partial charge < -0.3 is 0 Å². The summed E-state index contributed by atoms with van der Waals surface area (Å²) < 4.78 is 14.5. The molecule has 0 radical (unpaired) electrons. The predicted octanol–water partition coefficient (Wildman–Crippen LogP) is 5.46. The molecule has 0 amide bonds. The molecule has 3 aromatic carbocycles. The summed E-state index contributed by atoms with van der Waals surface area (Å²) in [6, 6.07) is 29.9. The summed E-state index contributed by atoms with van der Waals surface area (Å²) in [7, 11) is -3.01. The van der Waals surface area contributed by atoms with Crippen LogP contribution < -0.4 is 15.7 Å². The summed E-state index contributed by atoms with van der Waals surface area (Å²) in [5, 5.41) is 5.31. The number of hydrogen-bond donors (Lipinski definition) is 1. The molecule has 0 spiro atoms. The molecule has 142 valence electrons. The maximum atomic E-state index is 14.5. The van der Waals surface area contributed by atoms with Crippen molar-refractivity contribution >= 4 is 17.9 Å². The highest BCUT2D eigenvalue weighted by molar-refractivity contribution is 7.76. The molecule has 1 saturated carbocycles. The summed E-state index contributed by atoms with van der Waals surface area (Å²) in [4.78, 5) is 0.